The van der Waals surface area contributed by atoms with Crippen molar-refractivity contribution in [2.75, 3.05) is 46.5 Å². The molecular formula is C21H30N2O3. The molecule has 5 nitrogen and oxygen atoms in total. The van der Waals surface area contributed by atoms with Crippen LogP contribution in [0.25, 0.3) is 0 Å². The fourth-order valence-electron chi connectivity index (χ4n) is 4.82. The van der Waals surface area contributed by atoms with Crippen LogP contribution < -0.4 is 4.74 Å². The van der Waals surface area contributed by atoms with Crippen LogP contribution in [0.2, 0.25) is 0 Å². The Morgan fingerprint density at radius 1 is 1.23 bits per heavy atom. The van der Waals surface area contributed by atoms with Crippen molar-refractivity contribution in [2.45, 2.75) is 32.2 Å². The molecule has 1 atom stereocenters. The molecule has 3 aliphatic heterocycles. The molecule has 0 N–H and O–H groups in total. The maximum absolute atomic E-state index is 13.2. The molecule has 0 aliphatic carbocycles. The number of nitrogens with zero attached hydrogens (tertiary/aromatic N) is 2. The molecule has 0 aromatic heterocycles. The Bertz CT molecular complexity index is 644. The Labute approximate surface area is 156 Å². The van der Waals surface area contributed by atoms with Gasteiger partial charge in [-0.05, 0) is 55.8 Å². The molecular weight excluding hydrogens is 328 g/mol. The van der Waals surface area contributed by atoms with Crippen molar-refractivity contribution in [1.29, 1.82) is 0 Å². The quantitative estimate of drug-likeness (QED) is 0.811. The highest BCUT2D eigenvalue weighted by molar-refractivity contribution is 5.85. The van der Waals surface area contributed by atoms with Gasteiger partial charge in [-0.25, -0.2) is 0 Å². The van der Waals surface area contributed by atoms with Crippen LogP contribution in [-0.2, 0) is 16.1 Å². The van der Waals surface area contributed by atoms with Crippen LogP contribution in [0.15, 0.2) is 24.3 Å². The van der Waals surface area contributed by atoms with E-state index in [0.29, 0.717) is 12.5 Å². The molecule has 3 heterocycles. The standard InChI is InChI=1S/C21H30N2O3/c1-25-19-4-2-3-18(13-19)15-23-10-8-21(20(23)24)7-9-22(16-21)14-17-5-11-26-12-6-17/h2-4,13,17H,5-12,14-16H2,1H3/t21-/m0/s1. The highest BCUT2D eigenvalue weighted by Crippen LogP contribution is 2.41. The van der Waals surface area contributed by atoms with Crippen LogP contribution in [0, 0.1) is 11.3 Å². The molecule has 1 aromatic carbocycles. The van der Waals surface area contributed by atoms with Gasteiger partial charge < -0.3 is 19.3 Å². The number of likely N-dealkylation sites (tertiary alicyclic amines) is 2. The predicted octanol–water partition coefficient (Wildman–Crippen LogP) is 2.55. The third-order valence-corrected chi connectivity index (χ3v) is 6.40. The lowest BCUT2D eigenvalue weighted by Crippen LogP contribution is -2.38. The van der Waals surface area contributed by atoms with E-state index in [9.17, 15) is 4.79 Å². The topological polar surface area (TPSA) is 42.0 Å². The van der Waals surface area contributed by atoms with Crippen molar-refractivity contribution in [3.8, 4) is 5.75 Å². The molecule has 0 radical (unpaired) electrons. The van der Waals surface area contributed by atoms with E-state index < -0.39 is 0 Å². The number of carbonyl (C=O) groups is 1. The van der Waals surface area contributed by atoms with Gasteiger partial charge in [-0.3, -0.25) is 4.79 Å². The molecule has 3 fully saturated rings. The normalized spacial score (nSPS) is 27.6. The Morgan fingerprint density at radius 2 is 2.04 bits per heavy atom. The van der Waals surface area contributed by atoms with Gasteiger partial charge >= 0.3 is 0 Å². The van der Waals surface area contributed by atoms with Gasteiger partial charge in [0.15, 0.2) is 0 Å². The second-order valence-electron chi connectivity index (χ2n) is 8.15. The lowest BCUT2D eigenvalue weighted by atomic mass is 9.85. The van der Waals surface area contributed by atoms with E-state index in [0.717, 1.165) is 69.5 Å². The van der Waals surface area contributed by atoms with Crippen molar-refractivity contribution in [3.05, 3.63) is 29.8 Å². The molecule has 1 amide bonds. The average Bonchev–Trinajstić information content (AvgIpc) is 3.22. The minimum atomic E-state index is -0.135. The van der Waals surface area contributed by atoms with E-state index in [4.69, 9.17) is 9.47 Å². The Hall–Kier alpha value is -1.59. The maximum Gasteiger partial charge on any atom is 0.230 e. The van der Waals surface area contributed by atoms with Crippen LogP contribution in [0.5, 0.6) is 5.75 Å². The summed E-state index contributed by atoms with van der Waals surface area (Å²) >= 11 is 0. The summed E-state index contributed by atoms with van der Waals surface area (Å²) in [6.07, 6.45) is 4.35. The first-order chi connectivity index (χ1) is 12.7. The van der Waals surface area contributed by atoms with Crippen molar-refractivity contribution in [2.24, 2.45) is 11.3 Å². The van der Waals surface area contributed by atoms with Crippen LogP contribution >= 0.6 is 0 Å². The number of rotatable bonds is 5. The van der Waals surface area contributed by atoms with Gasteiger partial charge in [-0.15, -0.1) is 0 Å². The number of hydrogen-bond acceptors (Lipinski definition) is 4. The number of hydrogen-bond donors (Lipinski definition) is 0. The fourth-order valence-corrected chi connectivity index (χ4v) is 4.82. The lowest BCUT2D eigenvalue weighted by Gasteiger charge is -2.28. The highest BCUT2D eigenvalue weighted by Gasteiger charge is 2.50. The largest absolute Gasteiger partial charge is 0.497 e. The first-order valence-corrected chi connectivity index (χ1v) is 9.91. The van der Waals surface area contributed by atoms with E-state index >= 15 is 0 Å². The zero-order chi connectivity index (χ0) is 18.0. The summed E-state index contributed by atoms with van der Waals surface area (Å²) in [5.74, 6) is 1.95. The SMILES string of the molecule is COc1cccc(CN2CC[C@]3(CCN(CC4CCOCC4)C3)C2=O)c1. The number of benzene rings is 1. The summed E-state index contributed by atoms with van der Waals surface area (Å²) in [4.78, 5) is 17.8. The summed E-state index contributed by atoms with van der Waals surface area (Å²) in [6.45, 7) is 6.51. The maximum atomic E-state index is 13.2. The minimum absolute atomic E-state index is 0.135. The van der Waals surface area contributed by atoms with E-state index in [1.165, 1.54) is 12.8 Å². The lowest BCUT2D eigenvalue weighted by molar-refractivity contribution is -0.136. The molecule has 4 rings (SSSR count). The molecule has 3 aliphatic rings. The molecule has 5 heteroatoms. The highest BCUT2D eigenvalue weighted by atomic mass is 16.5. The van der Waals surface area contributed by atoms with Gasteiger partial charge in [0.1, 0.15) is 5.75 Å². The number of ether oxygens (including phenoxy) is 2. The second kappa shape index (κ2) is 7.57. The van der Waals surface area contributed by atoms with E-state index in [1.807, 2.05) is 23.1 Å². The molecule has 0 saturated carbocycles. The Balaban J connectivity index is 1.36. The molecule has 1 aromatic rings. The third kappa shape index (κ3) is 3.60. The van der Waals surface area contributed by atoms with Gasteiger partial charge in [0.05, 0.1) is 12.5 Å². The molecule has 0 bridgehead atoms. The van der Waals surface area contributed by atoms with E-state index in [-0.39, 0.29) is 5.41 Å². The van der Waals surface area contributed by atoms with Crippen LogP contribution in [-0.4, -0.2) is 62.2 Å². The number of methoxy groups -OCH3 is 1. The summed E-state index contributed by atoms with van der Waals surface area (Å²) in [6, 6.07) is 8.05. The van der Waals surface area contributed by atoms with E-state index in [2.05, 4.69) is 11.0 Å². The van der Waals surface area contributed by atoms with Gasteiger partial charge in [0, 0.05) is 39.4 Å². The summed E-state index contributed by atoms with van der Waals surface area (Å²) < 4.78 is 10.8. The zero-order valence-corrected chi connectivity index (χ0v) is 15.8. The van der Waals surface area contributed by atoms with E-state index in [1.54, 1.807) is 7.11 Å². The van der Waals surface area contributed by atoms with Gasteiger partial charge in [-0.1, -0.05) is 12.1 Å². The van der Waals surface area contributed by atoms with Crippen LogP contribution in [0.3, 0.4) is 0 Å². The summed E-state index contributed by atoms with van der Waals surface area (Å²) in [5, 5.41) is 0. The van der Waals surface area contributed by atoms with Gasteiger partial charge in [0.2, 0.25) is 5.91 Å². The molecule has 3 saturated heterocycles. The summed E-state index contributed by atoms with van der Waals surface area (Å²) in [5.41, 5.74) is 1.01. The average molecular weight is 358 g/mol. The smallest absolute Gasteiger partial charge is 0.230 e. The summed E-state index contributed by atoms with van der Waals surface area (Å²) in [7, 11) is 1.68. The number of carbonyl (C=O) groups excluding carboxylic acids is 1. The zero-order valence-electron chi connectivity index (χ0n) is 15.8. The van der Waals surface area contributed by atoms with Gasteiger partial charge in [0.25, 0.3) is 0 Å². The monoisotopic (exact) mass is 358 g/mol. The van der Waals surface area contributed by atoms with Crippen molar-refractivity contribution >= 4 is 5.91 Å². The predicted molar refractivity (Wildman–Crippen MR) is 100 cm³/mol. The molecule has 1 spiro atoms. The van der Waals surface area contributed by atoms with Gasteiger partial charge in [-0.2, -0.15) is 0 Å². The Kier molecular flexibility index (Phi) is 5.18. The first kappa shape index (κ1) is 17.8. The molecule has 0 unspecified atom stereocenters. The minimum Gasteiger partial charge on any atom is -0.497 e. The first-order valence-electron chi connectivity index (χ1n) is 9.91. The third-order valence-electron chi connectivity index (χ3n) is 6.40. The fraction of sp³-hybridized carbons (Fsp3) is 0.667. The van der Waals surface area contributed by atoms with Crippen LogP contribution in [0.4, 0.5) is 0 Å². The van der Waals surface area contributed by atoms with Crippen molar-refractivity contribution in [1.82, 2.24) is 9.80 Å². The molecule has 26 heavy (non-hydrogen) atoms. The second-order valence-corrected chi connectivity index (χ2v) is 8.15. The Morgan fingerprint density at radius 3 is 2.85 bits per heavy atom. The van der Waals surface area contributed by atoms with Crippen molar-refractivity contribution < 1.29 is 14.3 Å². The van der Waals surface area contributed by atoms with Crippen molar-refractivity contribution in [3.63, 3.8) is 0 Å². The van der Waals surface area contributed by atoms with Crippen LogP contribution in [0.1, 0.15) is 31.2 Å². The number of amides is 1. The molecule has 142 valence electrons.